The van der Waals surface area contributed by atoms with Crippen molar-refractivity contribution in [2.45, 2.75) is 17.7 Å². The van der Waals surface area contributed by atoms with Gasteiger partial charge in [-0.05, 0) is 68.9 Å². The molecule has 0 bridgehead atoms. The number of likely N-dealkylation sites (N-methyl/N-ethyl adjacent to an activating group) is 1. The third kappa shape index (κ3) is 6.90. The molecule has 1 saturated heterocycles. The van der Waals surface area contributed by atoms with E-state index in [1.165, 1.54) is 30.3 Å². The molecule has 0 unspecified atom stereocenters. The Morgan fingerprint density at radius 2 is 1.75 bits per heavy atom. The molecule has 0 aliphatic carbocycles. The monoisotopic (exact) mass is 482 g/mol. The van der Waals surface area contributed by atoms with Gasteiger partial charge in [-0.3, -0.25) is 9.52 Å². The lowest BCUT2D eigenvalue weighted by Gasteiger charge is -2.32. The summed E-state index contributed by atoms with van der Waals surface area (Å²) < 4.78 is 40.9. The molecule has 3 rings (SSSR count). The molecule has 2 aromatic rings. The number of hydrogen-bond acceptors (Lipinski definition) is 5. The number of nitrogens with zero attached hydrogens (tertiary/aromatic N) is 2. The average Bonchev–Trinajstić information content (AvgIpc) is 2.76. The van der Waals surface area contributed by atoms with Crippen LogP contribution in [0.4, 0.5) is 10.1 Å². The zero-order valence-electron chi connectivity index (χ0n) is 18.0. The molecule has 174 valence electrons. The summed E-state index contributed by atoms with van der Waals surface area (Å²) in [5.74, 6) is -0.840. The van der Waals surface area contributed by atoms with E-state index in [0.717, 1.165) is 57.7 Å². The molecule has 1 aliphatic heterocycles. The molecule has 0 atom stereocenters. The number of amides is 1. The minimum Gasteiger partial charge on any atom is -0.352 e. The maximum absolute atomic E-state index is 13.1. The Kier molecular flexibility index (Phi) is 8.47. The third-order valence-electron chi connectivity index (χ3n) is 5.36. The molecule has 0 radical (unpaired) electrons. The zero-order chi connectivity index (χ0) is 23.1. The van der Waals surface area contributed by atoms with Gasteiger partial charge in [-0.1, -0.05) is 11.6 Å². The van der Waals surface area contributed by atoms with Gasteiger partial charge in [0.2, 0.25) is 0 Å². The summed E-state index contributed by atoms with van der Waals surface area (Å²) in [6, 6.07) is 9.01. The van der Waals surface area contributed by atoms with E-state index in [1.807, 2.05) is 0 Å². The molecular weight excluding hydrogens is 455 g/mol. The van der Waals surface area contributed by atoms with Gasteiger partial charge in [0, 0.05) is 44.0 Å². The van der Waals surface area contributed by atoms with E-state index < -0.39 is 15.8 Å². The SMILES string of the molecule is CN1CCN(CCCCNC(=O)c2ccc(Cl)c(S(=O)(=O)Nc3ccc(F)cc3)c2)CC1. The molecule has 1 aliphatic rings. The summed E-state index contributed by atoms with van der Waals surface area (Å²) in [4.78, 5) is 17.0. The molecule has 0 aromatic heterocycles. The third-order valence-corrected chi connectivity index (χ3v) is 7.22. The van der Waals surface area contributed by atoms with Crippen molar-refractivity contribution in [2.75, 3.05) is 51.0 Å². The highest BCUT2D eigenvalue weighted by molar-refractivity contribution is 7.92. The van der Waals surface area contributed by atoms with Gasteiger partial charge in [0.05, 0.1) is 5.02 Å². The van der Waals surface area contributed by atoms with E-state index in [1.54, 1.807) is 0 Å². The number of piperazine rings is 1. The number of halogens is 2. The summed E-state index contributed by atoms with van der Waals surface area (Å²) in [5.41, 5.74) is 0.394. The van der Waals surface area contributed by atoms with Crippen molar-refractivity contribution in [3.05, 3.63) is 58.9 Å². The average molecular weight is 483 g/mol. The maximum Gasteiger partial charge on any atom is 0.263 e. The van der Waals surface area contributed by atoms with Crippen LogP contribution in [0.1, 0.15) is 23.2 Å². The van der Waals surface area contributed by atoms with Crippen LogP contribution in [-0.2, 0) is 10.0 Å². The first-order valence-corrected chi connectivity index (χ1v) is 12.4. The molecule has 2 aromatic carbocycles. The second kappa shape index (κ2) is 11.1. The van der Waals surface area contributed by atoms with E-state index in [4.69, 9.17) is 11.6 Å². The fourth-order valence-corrected chi connectivity index (χ4v) is 5.00. The minimum atomic E-state index is -4.05. The number of hydrogen-bond donors (Lipinski definition) is 2. The molecule has 10 heteroatoms. The molecular formula is C22H28ClFN4O3S. The molecule has 0 spiro atoms. The highest BCUT2D eigenvalue weighted by atomic mass is 35.5. The summed E-state index contributed by atoms with van der Waals surface area (Å²) in [6.07, 6.45) is 1.81. The molecule has 0 saturated carbocycles. The molecule has 1 fully saturated rings. The van der Waals surface area contributed by atoms with E-state index >= 15 is 0 Å². The molecule has 1 amide bonds. The Balaban J connectivity index is 1.53. The lowest BCUT2D eigenvalue weighted by Crippen LogP contribution is -2.44. The molecule has 7 nitrogen and oxygen atoms in total. The normalized spacial score (nSPS) is 15.5. The van der Waals surface area contributed by atoms with Gasteiger partial charge >= 0.3 is 0 Å². The summed E-state index contributed by atoms with van der Waals surface area (Å²) in [5, 5.41) is 2.82. The Hall–Kier alpha value is -2.20. The summed E-state index contributed by atoms with van der Waals surface area (Å²) >= 11 is 6.09. The van der Waals surface area contributed by atoms with Crippen molar-refractivity contribution in [3.8, 4) is 0 Å². The standard InChI is InChI=1S/C22H28ClFN4O3S/c1-27-12-14-28(15-13-27)11-3-2-10-25-22(29)17-4-9-20(23)21(16-17)32(30,31)26-19-7-5-18(24)6-8-19/h4-9,16,26H,2-3,10-15H2,1H3,(H,25,29). The van der Waals surface area contributed by atoms with Crippen LogP contribution in [0, 0.1) is 5.82 Å². The van der Waals surface area contributed by atoms with Gasteiger partial charge in [-0.25, -0.2) is 12.8 Å². The Bertz CT molecular complexity index is 1030. The van der Waals surface area contributed by atoms with E-state index in [2.05, 4.69) is 26.9 Å². The quantitative estimate of drug-likeness (QED) is 0.537. The van der Waals surface area contributed by atoms with Crippen molar-refractivity contribution < 1.29 is 17.6 Å². The second-order valence-corrected chi connectivity index (χ2v) is 9.92. The number of carbonyl (C=O) groups excluding carboxylic acids is 1. The van der Waals surface area contributed by atoms with Crippen LogP contribution in [0.3, 0.4) is 0 Å². The van der Waals surface area contributed by atoms with Crippen molar-refractivity contribution in [1.29, 1.82) is 0 Å². The maximum atomic E-state index is 13.1. The number of nitrogens with one attached hydrogen (secondary N) is 2. The number of benzene rings is 2. The Morgan fingerprint density at radius 3 is 2.44 bits per heavy atom. The Morgan fingerprint density at radius 1 is 1.06 bits per heavy atom. The molecule has 1 heterocycles. The van der Waals surface area contributed by atoms with E-state index in [0.29, 0.717) is 6.54 Å². The van der Waals surface area contributed by atoms with Crippen LogP contribution < -0.4 is 10.0 Å². The smallest absolute Gasteiger partial charge is 0.263 e. The highest BCUT2D eigenvalue weighted by Gasteiger charge is 2.20. The zero-order valence-corrected chi connectivity index (χ0v) is 19.6. The predicted molar refractivity (Wildman–Crippen MR) is 124 cm³/mol. The van der Waals surface area contributed by atoms with Crippen molar-refractivity contribution in [2.24, 2.45) is 0 Å². The fourth-order valence-electron chi connectivity index (χ4n) is 3.41. The Labute approximate surface area is 193 Å². The number of anilines is 1. The van der Waals surface area contributed by atoms with Gasteiger partial charge in [-0.2, -0.15) is 0 Å². The van der Waals surface area contributed by atoms with Gasteiger partial charge in [0.1, 0.15) is 10.7 Å². The fraction of sp³-hybridized carbons (Fsp3) is 0.409. The number of carbonyl (C=O) groups is 1. The molecule has 2 N–H and O–H groups in total. The number of sulfonamides is 1. The summed E-state index contributed by atoms with van der Waals surface area (Å²) in [7, 11) is -1.93. The van der Waals surface area contributed by atoms with Crippen LogP contribution in [0.25, 0.3) is 0 Å². The van der Waals surface area contributed by atoms with Crippen molar-refractivity contribution >= 4 is 33.2 Å². The highest BCUT2D eigenvalue weighted by Crippen LogP contribution is 2.25. The topological polar surface area (TPSA) is 81.8 Å². The first kappa shape index (κ1) is 24.4. The number of rotatable bonds is 9. The van der Waals surface area contributed by atoms with Crippen LogP contribution in [-0.4, -0.2) is 70.4 Å². The largest absolute Gasteiger partial charge is 0.352 e. The second-order valence-electron chi connectivity index (χ2n) is 7.87. The molecule has 32 heavy (non-hydrogen) atoms. The lowest BCUT2D eigenvalue weighted by molar-refractivity contribution is 0.0951. The lowest BCUT2D eigenvalue weighted by atomic mass is 10.2. The minimum absolute atomic E-state index is 0.0108. The van der Waals surface area contributed by atoms with Crippen LogP contribution in [0.2, 0.25) is 5.02 Å². The van der Waals surface area contributed by atoms with E-state index in [9.17, 15) is 17.6 Å². The van der Waals surface area contributed by atoms with Crippen LogP contribution in [0.15, 0.2) is 47.4 Å². The van der Waals surface area contributed by atoms with Gasteiger partial charge in [0.15, 0.2) is 0 Å². The van der Waals surface area contributed by atoms with Gasteiger partial charge in [-0.15, -0.1) is 0 Å². The van der Waals surface area contributed by atoms with Crippen LogP contribution in [0.5, 0.6) is 0 Å². The summed E-state index contributed by atoms with van der Waals surface area (Å²) in [6.45, 7) is 5.80. The first-order chi connectivity index (χ1) is 15.2. The first-order valence-electron chi connectivity index (χ1n) is 10.5. The van der Waals surface area contributed by atoms with Gasteiger partial charge in [0.25, 0.3) is 15.9 Å². The van der Waals surface area contributed by atoms with Gasteiger partial charge < -0.3 is 15.1 Å². The van der Waals surface area contributed by atoms with Crippen molar-refractivity contribution in [3.63, 3.8) is 0 Å². The number of unbranched alkanes of at least 4 members (excludes halogenated alkanes) is 1. The predicted octanol–water partition coefficient (Wildman–Crippen LogP) is 3.04. The van der Waals surface area contributed by atoms with Crippen molar-refractivity contribution in [1.82, 2.24) is 15.1 Å². The van der Waals surface area contributed by atoms with E-state index in [-0.39, 0.29) is 27.1 Å². The van der Waals surface area contributed by atoms with Crippen LogP contribution >= 0.6 is 11.6 Å².